The lowest BCUT2D eigenvalue weighted by Gasteiger charge is -2.15. The van der Waals surface area contributed by atoms with E-state index in [0.717, 1.165) is 28.9 Å². The number of aliphatic imine (C=N–C) groups is 1. The Morgan fingerprint density at radius 1 is 1.10 bits per heavy atom. The molecule has 164 valence electrons. The van der Waals surface area contributed by atoms with Crippen molar-refractivity contribution in [2.75, 3.05) is 26.0 Å². The van der Waals surface area contributed by atoms with Gasteiger partial charge in [-0.25, -0.2) is 8.42 Å². The molecular weight excluding hydrogens is 398 g/mol. The number of guanidine groups is 1. The SMILES string of the molecule is CCCOc1cc(C)ccc1CNC(=NC)NCCCS(=O)(=O)Cc1ccccc1. The van der Waals surface area contributed by atoms with Gasteiger partial charge in [0.05, 0.1) is 18.1 Å². The first-order chi connectivity index (χ1) is 14.4. The van der Waals surface area contributed by atoms with Gasteiger partial charge >= 0.3 is 0 Å². The number of hydrogen-bond donors (Lipinski definition) is 2. The van der Waals surface area contributed by atoms with Crippen molar-refractivity contribution in [3.8, 4) is 5.75 Å². The quantitative estimate of drug-likeness (QED) is 0.324. The summed E-state index contributed by atoms with van der Waals surface area (Å²) in [5.74, 6) is 1.73. The molecule has 6 nitrogen and oxygen atoms in total. The van der Waals surface area contributed by atoms with E-state index in [2.05, 4.69) is 34.7 Å². The summed E-state index contributed by atoms with van der Waals surface area (Å²) in [6, 6.07) is 15.4. The predicted octanol–water partition coefficient (Wildman–Crippen LogP) is 3.45. The van der Waals surface area contributed by atoms with E-state index in [1.807, 2.05) is 43.3 Å². The normalized spacial score (nSPS) is 11.9. The molecule has 0 amide bonds. The molecule has 2 aromatic rings. The number of hydrogen-bond acceptors (Lipinski definition) is 4. The molecule has 0 bridgehead atoms. The van der Waals surface area contributed by atoms with E-state index < -0.39 is 9.84 Å². The average Bonchev–Trinajstić information content (AvgIpc) is 2.73. The van der Waals surface area contributed by atoms with Crippen LogP contribution in [0.4, 0.5) is 0 Å². The first-order valence-electron chi connectivity index (χ1n) is 10.3. The maximum absolute atomic E-state index is 12.3. The topological polar surface area (TPSA) is 79.8 Å². The van der Waals surface area contributed by atoms with Gasteiger partial charge in [0.15, 0.2) is 15.8 Å². The van der Waals surface area contributed by atoms with E-state index in [-0.39, 0.29) is 11.5 Å². The molecule has 0 atom stereocenters. The van der Waals surface area contributed by atoms with Gasteiger partial charge in [0, 0.05) is 25.7 Å². The fourth-order valence-electron chi connectivity index (χ4n) is 2.95. The smallest absolute Gasteiger partial charge is 0.191 e. The Labute approximate surface area is 180 Å². The van der Waals surface area contributed by atoms with Crippen molar-refractivity contribution >= 4 is 15.8 Å². The van der Waals surface area contributed by atoms with Crippen LogP contribution in [0.1, 0.15) is 36.5 Å². The summed E-state index contributed by atoms with van der Waals surface area (Å²) in [5.41, 5.74) is 3.04. The van der Waals surface area contributed by atoms with E-state index in [4.69, 9.17) is 4.74 Å². The van der Waals surface area contributed by atoms with Crippen LogP contribution < -0.4 is 15.4 Å². The zero-order chi connectivity index (χ0) is 21.8. The van der Waals surface area contributed by atoms with Crippen molar-refractivity contribution in [1.82, 2.24) is 10.6 Å². The average molecular weight is 432 g/mol. The lowest BCUT2D eigenvalue weighted by Crippen LogP contribution is -2.37. The highest BCUT2D eigenvalue weighted by atomic mass is 32.2. The minimum Gasteiger partial charge on any atom is -0.493 e. The maximum Gasteiger partial charge on any atom is 0.191 e. The Kier molecular flexibility index (Phi) is 9.67. The van der Waals surface area contributed by atoms with Crippen LogP contribution in [0.2, 0.25) is 0 Å². The van der Waals surface area contributed by atoms with Gasteiger partial charge in [-0.1, -0.05) is 49.4 Å². The number of sulfone groups is 1. The molecule has 2 rings (SSSR count). The van der Waals surface area contributed by atoms with E-state index in [1.54, 1.807) is 7.05 Å². The molecule has 0 unspecified atom stereocenters. The summed E-state index contributed by atoms with van der Waals surface area (Å²) in [6.45, 7) is 5.91. The molecule has 0 saturated carbocycles. The maximum atomic E-state index is 12.3. The number of nitrogens with zero attached hydrogens (tertiary/aromatic N) is 1. The van der Waals surface area contributed by atoms with Gasteiger partial charge in [0.2, 0.25) is 0 Å². The standard InChI is InChI=1S/C23H33N3O3S/c1-4-14-29-22-16-19(2)11-12-21(22)17-26-23(24-3)25-13-8-15-30(27,28)18-20-9-6-5-7-10-20/h5-7,9-12,16H,4,8,13-15,17-18H2,1-3H3,(H2,24,25,26). The first kappa shape index (κ1) is 23.7. The number of aryl methyl sites for hydroxylation is 1. The van der Waals surface area contributed by atoms with Gasteiger partial charge in [0.25, 0.3) is 0 Å². The highest BCUT2D eigenvalue weighted by Crippen LogP contribution is 2.20. The summed E-state index contributed by atoms with van der Waals surface area (Å²) in [4.78, 5) is 4.22. The molecule has 7 heteroatoms. The van der Waals surface area contributed by atoms with E-state index >= 15 is 0 Å². The molecule has 2 N–H and O–H groups in total. The molecule has 0 spiro atoms. The Bertz CT molecular complexity index is 913. The number of ether oxygens (including phenoxy) is 1. The highest BCUT2D eigenvalue weighted by Gasteiger charge is 2.12. The van der Waals surface area contributed by atoms with Gasteiger partial charge in [-0.3, -0.25) is 4.99 Å². The van der Waals surface area contributed by atoms with Crippen LogP contribution in [0.15, 0.2) is 53.5 Å². The van der Waals surface area contributed by atoms with Crippen molar-refractivity contribution in [3.05, 3.63) is 65.2 Å². The number of rotatable bonds is 11. The summed E-state index contributed by atoms with van der Waals surface area (Å²) in [6.07, 6.45) is 1.47. The molecule has 0 aliphatic heterocycles. The van der Waals surface area contributed by atoms with E-state index in [1.165, 1.54) is 0 Å². The Morgan fingerprint density at radius 3 is 2.57 bits per heavy atom. The molecule has 2 aromatic carbocycles. The highest BCUT2D eigenvalue weighted by molar-refractivity contribution is 7.90. The Hall–Kier alpha value is -2.54. The van der Waals surface area contributed by atoms with Gasteiger partial charge in [-0.2, -0.15) is 0 Å². The zero-order valence-corrected chi connectivity index (χ0v) is 19.0. The van der Waals surface area contributed by atoms with Crippen LogP contribution in [-0.2, 0) is 22.1 Å². The van der Waals surface area contributed by atoms with Crippen LogP contribution in [0, 0.1) is 6.92 Å². The van der Waals surface area contributed by atoms with E-state index in [9.17, 15) is 8.42 Å². The monoisotopic (exact) mass is 431 g/mol. The van der Waals surface area contributed by atoms with Crippen LogP contribution in [0.5, 0.6) is 5.75 Å². The van der Waals surface area contributed by atoms with Gasteiger partial charge in [-0.05, 0) is 37.0 Å². The minimum absolute atomic E-state index is 0.0781. The summed E-state index contributed by atoms with van der Waals surface area (Å²) in [5, 5.41) is 6.45. The number of benzene rings is 2. The number of nitrogens with one attached hydrogen (secondary N) is 2. The second kappa shape index (κ2) is 12.2. The molecule has 0 aliphatic rings. The van der Waals surface area contributed by atoms with Crippen molar-refractivity contribution in [1.29, 1.82) is 0 Å². The third-order valence-electron chi connectivity index (χ3n) is 4.51. The van der Waals surface area contributed by atoms with Crippen molar-refractivity contribution in [3.63, 3.8) is 0 Å². The molecule has 0 fully saturated rings. The van der Waals surface area contributed by atoms with Gasteiger partial charge in [0.1, 0.15) is 5.75 Å². The molecule has 0 aromatic heterocycles. The molecule has 0 aliphatic carbocycles. The van der Waals surface area contributed by atoms with Crippen LogP contribution in [0.25, 0.3) is 0 Å². The lowest BCUT2D eigenvalue weighted by atomic mass is 10.1. The molecule has 0 saturated heterocycles. The largest absolute Gasteiger partial charge is 0.493 e. The summed E-state index contributed by atoms with van der Waals surface area (Å²) in [7, 11) is -1.43. The fraction of sp³-hybridized carbons (Fsp3) is 0.435. The molecule has 0 radical (unpaired) electrons. The third kappa shape index (κ3) is 8.45. The predicted molar refractivity (Wildman–Crippen MR) is 124 cm³/mol. The zero-order valence-electron chi connectivity index (χ0n) is 18.1. The Balaban J connectivity index is 1.79. The Morgan fingerprint density at radius 2 is 1.87 bits per heavy atom. The first-order valence-corrected chi connectivity index (χ1v) is 12.2. The van der Waals surface area contributed by atoms with Crippen molar-refractivity contribution in [2.24, 2.45) is 4.99 Å². The molecule has 0 heterocycles. The summed E-state index contributed by atoms with van der Waals surface area (Å²) >= 11 is 0. The fourth-order valence-corrected chi connectivity index (χ4v) is 4.38. The van der Waals surface area contributed by atoms with Crippen molar-refractivity contribution < 1.29 is 13.2 Å². The minimum atomic E-state index is -3.13. The van der Waals surface area contributed by atoms with E-state index in [0.29, 0.717) is 32.1 Å². The second-order valence-electron chi connectivity index (χ2n) is 7.24. The van der Waals surface area contributed by atoms with Crippen LogP contribution in [0.3, 0.4) is 0 Å². The van der Waals surface area contributed by atoms with Crippen LogP contribution >= 0.6 is 0 Å². The molecular formula is C23H33N3O3S. The molecule has 30 heavy (non-hydrogen) atoms. The van der Waals surface area contributed by atoms with Gasteiger partial charge in [-0.15, -0.1) is 0 Å². The summed E-state index contributed by atoms with van der Waals surface area (Å²) < 4.78 is 30.4. The lowest BCUT2D eigenvalue weighted by molar-refractivity contribution is 0.313. The van der Waals surface area contributed by atoms with Crippen LogP contribution in [-0.4, -0.2) is 40.3 Å². The third-order valence-corrected chi connectivity index (χ3v) is 6.19. The van der Waals surface area contributed by atoms with Crippen molar-refractivity contribution in [2.45, 2.75) is 39.0 Å². The second-order valence-corrected chi connectivity index (χ2v) is 9.43. The van der Waals surface area contributed by atoms with Gasteiger partial charge < -0.3 is 15.4 Å².